The zero-order valence-corrected chi connectivity index (χ0v) is 15.6. The van der Waals surface area contributed by atoms with Crippen LogP contribution >= 0.6 is 0 Å². The summed E-state index contributed by atoms with van der Waals surface area (Å²) < 4.78 is 0. The number of nitrogens with zero attached hydrogens (tertiary/aromatic N) is 3. The summed E-state index contributed by atoms with van der Waals surface area (Å²) in [7, 11) is 0. The minimum atomic E-state index is -0.211. The summed E-state index contributed by atoms with van der Waals surface area (Å²) in [4.78, 5) is 9.14. The number of pyridine rings is 1. The van der Waals surface area contributed by atoms with Crippen molar-refractivity contribution >= 4 is 5.69 Å². The molecule has 1 N–H and O–H groups in total. The number of hydrogen-bond acceptors (Lipinski definition) is 4. The third kappa shape index (κ3) is 3.76. The highest BCUT2D eigenvalue weighted by Gasteiger charge is 2.36. The summed E-state index contributed by atoms with van der Waals surface area (Å²) in [6, 6.07) is 13.4. The number of rotatable bonds is 4. The van der Waals surface area contributed by atoms with E-state index in [-0.39, 0.29) is 6.10 Å². The lowest BCUT2D eigenvalue weighted by Crippen LogP contribution is -2.44. The SMILES string of the molecule is Cc1ccccc1N1CCC(N2C[C@@H](Cc3ccncc3)[C@@H](O)C2)CC1. The Labute approximate surface area is 156 Å². The Hall–Kier alpha value is -1.91. The normalized spacial score (nSPS) is 24.9. The summed E-state index contributed by atoms with van der Waals surface area (Å²) in [6.07, 6.45) is 6.79. The fraction of sp³-hybridized carbons (Fsp3) is 0.500. The van der Waals surface area contributed by atoms with Crippen molar-refractivity contribution in [3.8, 4) is 0 Å². The number of aryl methyl sites for hydroxylation is 1. The van der Waals surface area contributed by atoms with Gasteiger partial charge in [-0.3, -0.25) is 9.88 Å². The van der Waals surface area contributed by atoms with Gasteiger partial charge < -0.3 is 10.0 Å². The minimum Gasteiger partial charge on any atom is -0.391 e. The number of anilines is 1. The first-order valence-corrected chi connectivity index (χ1v) is 9.82. The maximum Gasteiger partial charge on any atom is 0.0710 e. The highest BCUT2D eigenvalue weighted by Crippen LogP contribution is 2.29. The van der Waals surface area contributed by atoms with Crippen molar-refractivity contribution in [2.45, 2.75) is 38.3 Å². The standard InChI is InChI=1S/C22H29N3O/c1-17-4-2-3-5-21(17)24-12-8-20(9-13-24)25-15-19(22(26)16-25)14-18-6-10-23-11-7-18/h2-7,10-11,19-20,22,26H,8-9,12-16H2,1H3/t19-,22+/m1/s1. The van der Waals surface area contributed by atoms with Crippen LogP contribution in [0.2, 0.25) is 0 Å². The third-order valence-electron chi connectivity index (χ3n) is 6.12. The van der Waals surface area contributed by atoms with Crippen LogP contribution in [0.1, 0.15) is 24.0 Å². The second-order valence-corrected chi connectivity index (χ2v) is 7.85. The van der Waals surface area contributed by atoms with Crippen LogP contribution in [-0.2, 0) is 6.42 Å². The van der Waals surface area contributed by atoms with E-state index in [1.165, 1.54) is 29.7 Å². The summed E-state index contributed by atoms with van der Waals surface area (Å²) >= 11 is 0. The number of aliphatic hydroxyl groups is 1. The summed E-state index contributed by atoms with van der Waals surface area (Å²) in [5.74, 6) is 0.340. The monoisotopic (exact) mass is 351 g/mol. The van der Waals surface area contributed by atoms with Crippen molar-refractivity contribution in [1.29, 1.82) is 0 Å². The van der Waals surface area contributed by atoms with E-state index in [9.17, 15) is 5.11 Å². The average Bonchev–Trinajstić information content (AvgIpc) is 3.04. The minimum absolute atomic E-state index is 0.211. The van der Waals surface area contributed by atoms with E-state index in [1.54, 1.807) is 0 Å². The number of benzene rings is 1. The molecule has 26 heavy (non-hydrogen) atoms. The maximum absolute atomic E-state index is 10.6. The van der Waals surface area contributed by atoms with E-state index < -0.39 is 0 Å². The van der Waals surface area contributed by atoms with Gasteiger partial charge in [-0.25, -0.2) is 0 Å². The molecular weight excluding hydrogens is 322 g/mol. The Balaban J connectivity index is 1.33. The van der Waals surface area contributed by atoms with Crippen LogP contribution in [0.25, 0.3) is 0 Å². The van der Waals surface area contributed by atoms with Crippen LogP contribution in [0.4, 0.5) is 5.69 Å². The van der Waals surface area contributed by atoms with Crippen LogP contribution in [0.3, 0.4) is 0 Å². The largest absolute Gasteiger partial charge is 0.391 e. The van der Waals surface area contributed by atoms with Crippen molar-refractivity contribution < 1.29 is 5.11 Å². The molecule has 2 aromatic rings. The smallest absolute Gasteiger partial charge is 0.0710 e. The van der Waals surface area contributed by atoms with Crippen LogP contribution in [0.15, 0.2) is 48.8 Å². The Morgan fingerprint density at radius 1 is 1.04 bits per heavy atom. The van der Waals surface area contributed by atoms with E-state index in [1.807, 2.05) is 12.4 Å². The van der Waals surface area contributed by atoms with Gasteiger partial charge in [0.2, 0.25) is 0 Å². The fourth-order valence-electron chi connectivity index (χ4n) is 4.60. The van der Waals surface area contributed by atoms with E-state index in [4.69, 9.17) is 0 Å². The predicted molar refractivity (Wildman–Crippen MR) is 105 cm³/mol. The van der Waals surface area contributed by atoms with Crippen molar-refractivity contribution in [2.75, 3.05) is 31.1 Å². The molecule has 0 radical (unpaired) electrons. The molecule has 3 heterocycles. The molecule has 1 aromatic heterocycles. The average molecular weight is 351 g/mol. The lowest BCUT2D eigenvalue weighted by molar-refractivity contribution is 0.132. The molecule has 138 valence electrons. The number of β-amino-alcohol motifs (C(OH)–C–C–N with tert-alkyl or cyclic N) is 1. The second-order valence-electron chi connectivity index (χ2n) is 7.85. The molecule has 0 amide bonds. The molecule has 0 aliphatic carbocycles. The van der Waals surface area contributed by atoms with Gasteiger partial charge in [-0.05, 0) is 55.5 Å². The Kier molecular flexibility index (Phi) is 5.23. The molecular formula is C22H29N3O. The fourth-order valence-corrected chi connectivity index (χ4v) is 4.60. The van der Waals surface area contributed by atoms with Crippen molar-refractivity contribution in [2.24, 2.45) is 5.92 Å². The van der Waals surface area contributed by atoms with Gasteiger partial charge in [0.05, 0.1) is 6.10 Å². The first-order valence-electron chi connectivity index (χ1n) is 9.82. The van der Waals surface area contributed by atoms with Crippen LogP contribution in [-0.4, -0.2) is 53.3 Å². The predicted octanol–water partition coefficient (Wildman–Crippen LogP) is 2.89. The zero-order chi connectivity index (χ0) is 17.9. The van der Waals surface area contributed by atoms with E-state index in [0.717, 1.165) is 32.6 Å². The molecule has 0 saturated carbocycles. The number of aromatic nitrogens is 1. The molecule has 0 bridgehead atoms. The maximum atomic E-state index is 10.6. The third-order valence-corrected chi connectivity index (χ3v) is 6.12. The molecule has 2 atom stereocenters. The van der Waals surface area contributed by atoms with Gasteiger partial charge >= 0.3 is 0 Å². The van der Waals surface area contributed by atoms with Gasteiger partial charge in [0, 0.05) is 56.2 Å². The topological polar surface area (TPSA) is 39.6 Å². The first-order chi connectivity index (χ1) is 12.7. The van der Waals surface area contributed by atoms with Gasteiger partial charge in [-0.15, -0.1) is 0 Å². The Bertz CT molecular complexity index is 712. The summed E-state index contributed by atoms with van der Waals surface area (Å²) in [6.45, 7) is 6.25. The number of hydrogen-bond donors (Lipinski definition) is 1. The molecule has 2 aliphatic heterocycles. The summed E-state index contributed by atoms with van der Waals surface area (Å²) in [5, 5.41) is 10.6. The van der Waals surface area contributed by atoms with Gasteiger partial charge in [0.25, 0.3) is 0 Å². The van der Waals surface area contributed by atoms with Gasteiger partial charge in [-0.1, -0.05) is 18.2 Å². The van der Waals surface area contributed by atoms with Crippen LogP contribution < -0.4 is 4.90 Å². The van der Waals surface area contributed by atoms with Crippen LogP contribution in [0, 0.1) is 12.8 Å². The van der Waals surface area contributed by atoms with Gasteiger partial charge in [0.1, 0.15) is 0 Å². The molecule has 4 heteroatoms. The lowest BCUT2D eigenvalue weighted by atomic mass is 9.97. The van der Waals surface area contributed by atoms with E-state index >= 15 is 0 Å². The lowest BCUT2D eigenvalue weighted by Gasteiger charge is -2.38. The number of piperidine rings is 1. The molecule has 2 saturated heterocycles. The molecule has 2 aliphatic rings. The zero-order valence-electron chi connectivity index (χ0n) is 15.6. The highest BCUT2D eigenvalue weighted by atomic mass is 16.3. The summed E-state index contributed by atoms with van der Waals surface area (Å²) in [5.41, 5.74) is 4.02. The highest BCUT2D eigenvalue weighted by molar-refractivity contribution is 5.53. The van der Waals surface area contributed by atoms with Crippen molar-refractivity contribution in [3.05, 3.63) is 59.9 Å². The molecule has 0 unspecified atom stereocenters. The van der Waals surface area contributed by atoms with Gasteiger partial charge in [-0.2, -0.15) is 0 Å². The Morgan fingerprint density at radius 3 is 2.50 bits per heavy atom. The number of likely N-dealkylation sites (tertiary alicyclic amines) is 1. The molecule has 1 aromatic carbocycles. The second kappa shape index (κ2) is 7.77. The molecule has 4 nitrogen and oxygen atoms in total. The number of para-hydroxylation sites is 1. The molecule has 4 rings (SSSR count). The Morgan fingerprint density at radius 2 is 1.77 bits per heavy atom. The van der Waals surface area contributed by atoms with Crippen LogP contribution in [0.5, 0.6) is 0 Å². The first kappa shape index (κ1) is 17.5. The van der Waals surface area contributed by atoms with Crippen molar-refractivity contribution in [1.82, 2.24) is 9.88 Å². The van der Waals surface area contributed by atoms with E-state index in [0.29, 0.717) is 12.0 Å². The quantitative estimate of drug-likeness (QED) is 0.919. The van der Waals surface area contributed by atoms with Gasteiger partial charge in [0.15, 0.2) is 0 Å². The number of aliphatic hydroxyl groups excluding tert-OH is 1. The van der Waals surface area contributed by atoms with Crippen molar-refractivity contribution in [3.63, 3.8) is 0 Å². The van der Waals surface area contributed by atoms with E-state index in [2.05, 4.69) is 58.1 Å². The molecule has 2 fully saturated rings. The molecule has 0 spiro atoms.